The number of halogens is 1. The fraction of sp³-hybridized carbons (Fsp3) is 0.333. The van der Waals surface area contributed by atoms with Gasteiger partial charge in [-0.25, -0.2) is 4.79 Å². The third-order valence-corrected chi connectivity index (χ3v) is 4.02. The van der Waals surface area contributed by atoms with E-state index in [1.807, 2.05) is 6.07 Å². The van der Waals surface area contributed by atoms with Crippen LogP contribution in [0.4, 0.5) is 0 Å². The smallest absolute Gasteiger partial charge is 0.358 e. The Bertz CT molecular complexity index is 708. The number of nitrogens with zero attached hydrogens (tertiary/aromatic N) is 1. The fourth-order valence-corrected chi connectivity index (χ4v) is 3.11. The lowest BCUT2D eigenvalue weighted by atomic mass is 9.87. The molecule has 1 N–H and O–H groups in total. The molecule has 2 aromatic rings. The Kier molecular flexibility index (Phi) is 3.59. The van der Waals surface area contributed by atoms with Gasteiger partial charge in [0.15, 0.2) is 11.5 Å². The molecule has 3 rings (SSSR count). The zero-order valence-corrected chi connectivity index (χ0v) is 12.2. The van der Waals surface area contributed by atoms with Crippen LogP contribution >= 0.6 is 11.6 Å². The third-order valence-electron chi connectivity index (χ3n) is 3.74. The molecule has 5 nitrogen and oxygen atoms in total. The van der Waals surface area contributed by atoms with Crippen LogP contribution in [0, 0.1) is 0 Å². The highest BCUT2D eigenvalue weighted by Crippen LogP contribution is 2.43. The monoisotopic (exact) mass is 307 g/mol. The first-order chi connectivity index (χ1) is 10.1. The Morgan fingerprint density at radius 2 is 2.14 bits per heavy atom. The average molecular weight is 308 g/mol. The minimum Gasteiger partial charge on any atom is -0.494 e. The maximum Gasteiger partial charge on any atom is 0.358 e. The molecule has 1 aliphatic carbocycles. The summed E-state index contributed by atoms with van der Waals surface area (Å²) in [7, 11) is 1.54. The molecule has 6 heteroatoms. The van der Waals surface area contributed by atoms with E-state index in [9.17, 15) is 4.79 Å². The molecule has 0 saturated heterocycles. The number of ether oxygens (including phenoxy) is 1. The highest BCUT2D eigenvalue weighted by atomic mass is 35.5. The number of hydrogen-bond donors (Lipinski definition) is 1. The molecule has 0 unspecified atom stereocenters. The van der Waals surface area contributed by atoms with Gasteiger partial charge in [0.1, 0.15) is 5.75 Å². The van der Waals surface area contributed by atoms with Gasteiger partial charge in [0.2, 0.25) is 0 Å². The summed E-state index contributed by atoms with van der Waals surface area (Å²) in [5.41, 5.74) is 2.86. The number of carboxylic acids is 1. The number of benzene rings is 1. The lowest BCUT2D eigenvalue weighted by Gasteiger charge is -2.21. The van der Waals surface area contributed by atoms with Gasteiger partial charge in [0, 0.05) is 6.07 Å². The van der Waals surface area contributed by atoms with E-state index in [0.29, 0.717) is 16.5 Å². The van der Waals surface area contributed by atoms with Crippen LogP contribution in [0.5, 0.6) is 5.75 Å². The van der Waals surface area contributed by atoms with Crippen LogP contribution in [-0.4, -0.2) is 23.3 Å². The predicted molar refractivity (Wildman–Crippen MR) is 77.1 cm³/mol. The predicted octanol–water partition coefficient (Wildman–Crippen LogP) is 3.58. The molecule has 0 bridgehead atoms. The molecule has 0 aliphatic heterocycles. The summed E-state index contributed by atoms with van der Waals surface area (Å²) in [4.78, 5) is 11.0. The molecule has 1 aromatic carbocycles. The Balaban J connectivity index is 2.23. The molecule has 110 valence electrons. The highest BCUT2D eigenvalue weighted by molar-refractivity contribution is 6.32. The molecule has 0 spiro atoms. The van der Waals surface area contributed by atoms with E-state index in [0.717, 1.165) is 42.4 Å². The Labute approximate surface area is 126 Å². The lowest BCUT2D eigenvalue weighted by Crippen LogP contribution is -2.06. The standard InChI is InChI=1S/C15H14ClNO4/c1-20-14-10(16)6-8-4-2-3-5-9(8)13(14)12-7-11(15(18)19)17-21-12/h6-7H,2-5H2,1H3,(H,18,19). The fourth-order valence-electron chi connectivity index (χ4n) is 2.80. The van der Waals surface area contributed by atoms with Gasteiger partial charge in [-0.2, -0.15) is 0 Å². The number of aryl methyl sites for hydroxylation is 1. The second kappa shape index (κ2) is 5.41. The van der Waals surface area contributed by atoms with Gasteiger partial charge in [-0.3, -0.25) is 0 Å². The second-order valence-corrected chi connectivity index (χ2v) is 5.40. The Morgan fingerprint density at radius 3 is 2.81 bits per heavy atom. The minimum atomic E-state index is -1.13. The van der Waals surface area contributed by atoms with Crippen LogP contribution in [0.2, 0.25) is 5.02 Å². The number of rotatable bonds is 3. The van der Waals surface area contributed by atoms with Crippen molar-refractivity contribution in [3.05, 3.63) is 34.0 Å². The molecule has 0 amide bonds. The number of aromatic carboxylic acids is 1. The molecule has 0 fully saturated rings. The summed E-state index contributed by atoms with van der Waals surface area (Å²) in [6, 6.07) is 3.33. The van der Waals surface area contributed by atoms with E-state index in [4.69, 9.17) is 26.0 Å². The molecule has 1 aliphatic rings. The first-order valence-corrected chi connectivity index (χ1v) is 7.08. The van der Waals surface area contributed by atoms with Gasteiger partial charge < -0.3 is 14.4 Å². The number of carboxylic acid groups (broad SMARTS) is 1. The normalized spacial score (nSPS) is 13.8. The molecule has 0 radical (unpaired) electrons. The van der Waals surface area contributed by atoms with Crippen LogP contribution in [0.15, 0.2) is 16.7 Å². The summed E-state index contributed by atoms with van der Waals surface area (Å²) < 4.78 is 10.6. The summed E-state index contributed by atoms with van der Waals surface area (Å²) in [5, 5.41) is 13.1. The largest absolute Gasteiger partial charge is 0.494 e. The summed E-state index contributed by atoms with van der Waals surface area (Å²) in [6.45, 7) is 0. The molecule has 21 heavy (non-hydrogen) atoms. The first kappa shape index (κ1) is 13.9. The molecule has 0 atom stereocenters. The topological polar surface area (TPSA) is 72.6 Å². The first-order valence-electron chi connectivity index (χ1n) is 6.70. The summed E-state index contributed by atoms with van der Waals surface area (Å²) in [5.74, 6) is -0.241. The van der Waals surface area contributed by atoms with Crippen molar-refractivity contribution in [2.75, 3.05) is 7.11 Å². The van der Waals surface area contributed by atoms with Gasteiger partial charge in [0.05, 0.1) is 17.7 Å². The maximum absolute atomic E-state index is 11.0. The van der Waals surface area contributed by atoms with Crippen LogP contribution in [0.25, 0.3) is 11.3 Å². The van der Waals surface area contributed by atoms with Crippen molar-refractivity contribution in [2.45, 2.75) is 25.7 Å². The van der Waals surface area contributed by atoms with E-state index in [-0.39, 0.29) is 5.69 Å². The second-order valence-electron chi connectivity index (χ2n) is 4.99. The van der Waals surface area contributed by atoms with Crippen molar-refractivity contribution >= 4 is 17.6 Å². The summed E-state index contributed by atoms with van der Waals surface area (Å²) in [6.07, 6.45) is 4.03. The van der Waals surface area contributed by atoms with Crippen molar-refractivity contribution in [1.29, 1.82) is 0 Å². The Morgan fingerprint density at radius 1 is 1.38 bits per heavy atom. The van der Waals surface area contributed by atoms with Gasteiger partial charge in [-0.05, 0) is 42.9 Å². The van der Waals surface area contributed by atoms with E-state index in [1.165, 1.54) is 13.2 Å². The van der Waals surface area contributed by atoms with Crippen LogP contribution in [-0.2, 0) is 12.8 Å². The van der Waals surface area contributed by atoms with E-state index >= 15 is 0 Å². The van der Waals surface area contributed by atoms with Crippen molar-refractivity contribution < 1.29 is 19.2 Å². The zero-order valence-electron chi connectivity index (χ0n) is 11.5. The van der Waals surface area contributed by atoms with E-state index in [2.05, 4.69) is 5.16 Å². The van der Waals surface area contributed by atoms with Crippen molar-refractivity contribution in [3.63, 3.8) is 0 Å². The van der Waals surface area contributed by atoms with E-state index in [1.54, 1.807) is 0 Å². The lowest BCUT2D eigenvalue weighted by molar-refractivity contribution is 0.0686. The Hall–Kier alpha value is -2.01. The van der Waals surface area contributed by atoms with Crippen LogP contribution < -0.4 is 4.74 Å². The van der Waals surface area contributed by atoms with Gasteiger partial charge in [-0.15, -0.1) is 0 Å². The van der Waals surface area contributed by atoms with Crippen molar-refractivity contribution in [2.24, 2.45) is 0 Å². The van der Waals surface area contributed by atoms with Gasteiger partial charge >= 0.3 is 5.97 Å². The number of aromatic nitrogens is 1. The molecule has 0 saturated carbocycles. The van der Waals surface area contributed by atoms with Crippen LogP contribution in [0.3, 0.4) is 0 Å². The maximum atomic E-state index is 11.0. The number of fused-ring (bicyclic) bond motifs is 1. The zero-order chi connectivity index (χ0) is 15.0. The summed E-state index contributed by atoms with van der Waals surface area (Å²) >= 11 is 6.28. The van der Waals surface area contributed by atoms with Crippen molar-refractivity contribution in [1.82, 2.24) is 5.16 Å². The third kappa shape index (κ3) is 2.38. The van der Waals surface area contributed by atoms with Crippen LogP contribution in [0.1, 0.15) is 34.5 Å². The van der Waals surface area contributed by atoms with Gasteiger partial charge in [-0.1, -0.05) is 16.8 Å². The highest BCUT2D eigenvalue weighted by Gasteiger charge is 2.25. The SMILES string of the molecule is COc1c(Cl)cc2c(c1-c1cc(C(=O)O)no1)CCCC2. The number of methoxy groups -OCH3 is 1. The number of carbonyl (C=O) groups is 1. The average Bonchev–Trinajstić information content (AvgIpc) is 2.95. The minimum absolute atomic E-state index is 0.128. The molecule has 1 heterocycles. The van der Waals surface area contributed by atoms with E-state index < -0.39 is 5.97 Å². The molecule has 1 aromatic heterocycles. The molecular weight excluding hydrogens is 294 g/mol. The number of hydrogen-bond acceptors (Lipinski definition) is 4. The van der Waals surface area contributed by atoms with Gasteiger partial charge in [0.25, 0.3) is 0 Å². The quantitative estimate of drug-likeness (QED) is 0.938. The molecular formula is C15H14ClNO4. The van der Waals surface area contributed by atoms with Crippen molar-refractivity contribution in [3.8, 4) is 17.1 Å².